The van der Waals surface area contributed by atoms with Crippen LogP contribution in [-0.4, -0.2) is 79.2 Å². The molecule has 0 bridgehead atoms. The molecule has 49 heavy (non-hydrogen) atoms. The van der Waals surface area contributed by atoms with Crippen LogP contribution in [0.3, 0.4) is 0 Å². The molecule has 2 fully saturated rings. The highest BCUT2D eigenvalue weighted by atomic mass is 31.1. The molecular weight excluding hydrogens is 646 g/mol. The Morgan fingerprint density at radius 2 is 1.71 bits per heavy atom. The Bertz CT molecular complexity index is 1930. The van der Waals surface area contributed by atoms with Crippen molar-refractivity contribution in [3.8, 4) is 11.3 Å². The van der Waals surface area contributed by atoms with E-state index in [0.717, 1.165) is 97.2 Å². The first-order valence-electron chi connectivity index (χ1n) is 17.8. The Hall–Kier alpha value is -3.60. The number of hydrogen-bond acceptors (Lipinski definition) is 4. The lowest BCUT2D eigenvalue weighted by Gasteiger charge is -2.29. The fourth-order valence-corrected chi connectivity index (χ4v) is 9.29. The van der Waals surface area contributed by atoms with Crippen LogP contribution in [0.5, 0.6) is 0 Å². The molecule has 6 unspecified atom stereocenters. The van der Waals surface area contributed by atoms with Crippen molar-refractivity contribution in [2.75, 3.05) is 25.9 Å². The van der Waals surface area contributed by atoms with Gasteiger partial charge in [-0.2, -0.15) is 5.10 Å². The van der Waals surface area contributed by atoms with Gasteiger partial charge in [0.1, 0.15) is 5.82 Å². The third kappa shape index (κ3) is 6.55. The second-order valence-corrected chi connectivity index (χ2v) is 17.5. The quantitative estimate of drug-likeness (QED) is 0.159. The zero-order valence-electron chi connectivity index (χ0n) is 29.2. The van der Waals surface area contributed by atoms with Gasteiger partial charge in [-0.25, -0.2) is 4.98 Å². The van der Waals surface area contributed by atoms with E-state index in [1.54, 1.807) is 0 Å². The van der Waals surface area contributed by atoms with Crippen molar-refractivity contribution in [1.29, 1.82) is 0 Å². The number of hydrogen-bond donors (Lipinski definition) is 2. The highest BCUT2D eigenvalue weighted by Crippen LogP contribution is 2.54. The third-order valence-corrected chi connectivity index (χ3v) is 13.6. The molecule has 6 atom stereocenters. The lowest BCUT2D eigenvalue weighted by Crippen LogP contribution is -2.38. The number of aromatic amines is 2. The molecule has 2 aliphatic heterocycles. The van der Waals surface area contributed by atoms with Crippen molar-refractivity contribution in [1.82, 2.24) is 30.0 Å². The van der Waals surface area contributed by atoms with Gasteiger partial charge in [0, 0.05) is 24.6 Å². The van der Waals surface area contributed by atoms with Gasteiger partial charge >= 0.3 is 0 Å². The topological polar surface area (TPSA) is 98.0 Å². The second-order valence-electron chi connectivity index (χ2n) is 14.7. The fraction of sp³-hybridized carbons (Fsp3) is 0.462. The number of allylic oxidation sites excluding steroid dienone is 1. The van der Waals surface area contributed by atoms with Crippen molar-refractivity contribution in [3.63, 3.8) is 0 Å². The van der Waals surface area contributed by atoms with Gasteiger partial charge in [-0.3, -0.25) is 14.7 Å². The van der Waals surface area contributed by atoms with Gasteiger partial charge in [0.25, 0.3) is 5.91 Å². The molecule has 2 saturated heterocycles. The highest BCUT2D eigenvalue weighted by Gasteiger charge is 2.54. The summed E-state index contributed by atoms with van der Waals surface area (Å²) in [6, 6.07) is 17.3. The number of aryl methyl sites for hydroxylation is 2. The summed E-state index contributed by atoms with van der Waals surface area (Å²) >= 11 is 0. The van der Waals surface area contributed by atoms with Crippen LogP contribution in [0.25, 0.3) is 22.3 Å². The summed E-state index contributed by atoms with van der Waals surface area (Å²) in [7, 11) is 2.29. The van der Waals surface area contributed by atoms with Gasteiger partial charge in [0.05, 0.1) is 60.6 Å². The number of nitrogens with zero attached hydrogens (tertiary/aromatic N) is 4. The summed E-state index contributed by atoms with van der Waals surface area (Å²) in [4.78, 5) is 39.4. The first-order chi connectivity index (χ1) is 23.6. The van der Waals surface area contributed by atoms with Crippen molar-refractivity contribution >= 4 is 45.9 Å². The van der Waals surface area contributed by atoms with E-state index in [9.17, 15) is 9.59 Å². The average Bonchev–Trinajstić information content (AvgIpc) is 3.71. The molecule has 2 N–H and O–H groups in total. The molecule has 4 aromatic rings. The van der Waals surface area contributed by atoms with E-state index in [0.29, 0.717) is 5.92 Å². The minimum Gasteiger partial charge on any atom is -0.340 e. The van der Waals surface area contributed by atoms with Crippen molar-refractivity contribution in [2.45, 2.75) is 76.5 Å². The normalized spacial score (nSPS) is 23.0. The Labute approximate surface area is 293 Å². The molecule has 0 saturated carbocycles. The van der Waals surface area contributed by atoms with E-state index < -0.39 is 7.55 Å². The minimum atomic E-state index is -0.471. The van der Waals surface area contributed by atoms with Crippen LogP contribution in [0.2, 0.25) is 0 Å². The Morgan fingerprint density at radius 3 is 2.41 bits per heavy atom. The zero-order valence-corrected chi connectivity index (χ0v) is 31.3. The summed E-state index contributed by atoms with van der Waals surface area (Å²) < 4.78 is 0. The molecule has 0 spiro atoms. The maximum Gasteiger partial charge on any atom is 0.255 e. The van der Waals surface area contributed by atoms with Crippen LogP contribution < -0.4 is 0 Å². The molecule has 10 heteroatoms. The first-order valence-corrected chi connectivity index (χ1v) is 20.6. The number of carbonyl (C=O) groups excluding carboxylic acids is 2. The molecule has 8 nitrogen and oxygen atoms in total. The monoisotopic (exact) mass is 695 g/mol. The van der Waals surface area contributed by atoms with Crippen LogP contribution in [0.4, 0.5) is 0 Å². The average molecular weight is 696 g/mol. The summed E-state index contributed by atoms with van der Waals surface area (Å²) in [5.41, 5.74) is 8.43. The standard InChI is InChI=1S/C39H49N6O2P2/c1-24(2)28(23-48)37(46)45-19-7-9-35(45)36-40-30-17-14-26(20-32(30)41-36)11-10-25-12-15-27(16-13-25)31-21-33(43-42-31)34-8-6-18-44(34)38(47)29-22-39(29,3)49(4)5/h12-17,20-22,24,28,34-35H,4,6-11,18-19,23,48H2,1-3,5H3,(H,40,41)(H,42,43)/q+1. The largest absolute Gasteiger partial charge is 0.340 e. The van der Waals surface area contributed by atoms with E-state index in [1.807, 2.05) is 4.90 Å². The maximum absolute atomic E-state index is 13.4. The molecule has 2 aromatic carbocycles. The molecule has 3 aliphatic rings. The number of amides is 2. The Morgan fingerprint density at radius 1 is 1.02 bits per heavy atom. The summed E-state index contributed by atoms with van der Waals surface area (Å²) in [6.07, 6.45) is 12.9. The van der Waals surface area contributed by atoms with Crippen LogP contribution in [0.15, 0.2) is 60.2 Å². The van der Waals surface area contributed by atoms with E-state index >= 15 is 0 Å². The fourth-order valence-electron chi connectivity index (χ4n) is 7.69. The number of aromatic nitrogens is 4. The van der Waals surface area contributed by atoms with Gasteiger partial charge in [0.15, 0.2) is 5.16 Å². The summed E-state index contributed by atoms with van der Waals surface area (Å²) in [6.45, 7) is 10.1. The van der Waals surface area contributed by atoms with Gasteiger partial charge < -0.3 is 14.8 Å². The first kappa shape index (κ1) is 33.9. The highest BCUT2D eigenvalue weighted by molar-refractivity contribution is 7.57. The van der Waals surface area contributed by atoms with E-state index in [2.05, 4.69) is 118 Å². The SMILES string of the molecule is C=[P+](C)C1(C)C=C1C(=O)N1CCCC1c1cc(-c2ccc(CCc3ccc4nc(C5CCCN5C(=O)C(CP)C(C)C)[nH]c4c3)cc2)n[nH]1. The maximum atomic E-state index is 13.4. The predicted molar refractivity (Wildman–Crippen MR) is 204 cm³/mol. The van der Waals surface area contributed by atoms with Crippen LogP contribution in [0.1, 0.15) is 81.2 Å². The summed E-state index contributed by atoms with van der Waals surface area (Å²) in [5.74, 6) is 1.66. The molecule has 7 rings (SSSR count). The molecule has 4 heterocycles. The van der Waals surface area contributed by atoms with Crippen LogP contribution in [0, 0.1) is 11.8 Å². The number of likely N-dealkylation sites (tertiary alicyclic amines) is 2. The summed E-state index contributed by atoms with van der Waals surface area (Å²) in [5, 5.41) is 7.78. The molecular formula is C39H49N6O2P2+. The van der Waals surface area contributed by atoms with Crippen molar-refractivity contribution < 1.29 is 9.59 Å². The minimum absolute atomic E-state index is 0.0183. The number of H-pyrrole nitrogens is 2. The van der Waals surface area contributed by atoms with Crippen LogP contribution in [-0.2, 0) is 22.4 Å². The lowest BCUT2D eigenvalue weighted by molar-refractivity contribution is -0.137. The molecule has 0 radical (unpaired) electrons. The predicted octanol–water partition coefficient (Wildman–Crippen LogP) is 7.45. The van der Waals surface area contributed by atoms with Gasteiger partial charge in [0.2, 0.25) is 5.91 Å². The van der Waals surface area contributed by atoms with E-state index in [-0.39, 0.29) is 35.0 Å². The van der Waals surface area contributed by atoms with Crippen LogP contribution >= 0.6 is 16.8 Å². The van der Waals surface area contributed by atoms with E-state index in [4.69, 9.17) is 4.98 Å². The number of carbonyl (C=O) groups is 2. The molecule has 2 aromatic heterocycles. The number of benzene rings is 2. The lowest BCUT2D eigenvalue weighted by atomic mass is 9.96. The Balaban J connectivity index is 0.976. The van der Waals surface area contributed by atoms with E-state index in [1.165, 1.54) is 11.1 Å². The smallest absolute Gasteiger partial charge is 0.255 e. The Kier molecular flexibility index (Phi) is 9.41. The van der Waals surface area contributed by atoms with Gasteiger partial charge in [-0.05, 0) is 92.9 Å². The zero-order chi connectivity index (χ0) is 34.4. The number of imidazole rings is 1. The molecule has 1 aliphatic carbocycles. The van der Waals surface area contributed by atoms with Gasteiger partial charge in [-0.1, -0.05) is 44.2 Å². The molecule has 256 valence electrons. The number of fused-ring (bicyclic) bond motifs is 1. The second kappa shape index (κ2) is 13.6. The van der Waals surface area contributed by atoms with Gasteiger partial charge in [-0.15, -0.1) is 9.24 Å². The van der Waals surface area contributed by atoms with Crippen molar-refractivity contribution in [2.24, 2.45) is 11.8 Å². The number of nitrogens with one attached hydrogen (secondary N) is 2. The number of rotatable bonds is 11. The molecule has 2 amide bonds. The third-order valence-electron chi connectivity index (χ3n) is 11.1. The van der Waals surface area contributed by atoms with Crippen molar-refractivity contribution in [3.05, 3.63) is 82.8 Å².